The standard InChI is InChI=1S/C23H18N2O/c1-2-6-15(7-3-1)25-20-12-13-24-14-19(20)17-10-11-18-16-8-4-5-9-21(16)26-23(18)22(17)25/h1-3,6-7,10-14H,4-5,8-9H2. The van der Waals surface area contributed by atoms with Crippen LogP contribution in [0.2, 0.25) is 0 Å². The van der Waals surface area contributed by atoms with Crippen LogP contribution in [0.15, 0.2) is 65.3 Å². The average molecular weight is 338 g/mol. The maximum absolute atomic E-state index is 6.45. The van der Waals surface area contributed by atoms with Crippen LogP contribution in [-0.2, 0) is 12.8 Å². The fourth-order valence-electron chi connectivity index (χ4n) is 4.51. The number of rotatable bonds is 1. The number of hydrogen-bond acceptors (Lipinski definition) is 2. The van der Waals surface area contributed by atoms with Crippen molar-refractivity contribution in [3.05, 3.63) is 72.2 Å². The average Bonchev–Trinajstić information content (AvgIpc) is 3.24. The summed E-state index contributed by atoms with van der Waals surface area (Å²) in [6, 6.07) is 17.1. The van der Waals surface area contributed by atoms with Gasteiger partial charge in [0.25, 0.3) is 0 Å². The number of hydrogen-bond donors (Lipinski definition) is 0. The monoisotopic (exact) mass is 338 g/mol. The summed E-state index contributed by atoms with van der Waals surface area (Å²) in [5, 5.41) is 3.65. The summed E-state index contributed by atoms with van der Waals surface area (Å²) in [5.41, 5.74) is 5.92. The number of para-hydroxylation sites is 1. The zero-order valence-electron chi connectivity index (χ0n) is 14.4. The Hall–Kier alpha value is -3.07. The summed E-state index contributed by atoms with van der Waals surface area (Å²) in [6.45, 7) is 0. The lowest BCUT2D eigenvalue weighted by Gasteiger charge is -2.08. The summed E-state index contributed by atoms with van der Waals surface area (Å²) in [7, 11) is 0. The van der Waals surface area contributed by atoms with Crippen LogP contribution in [-0.4, -0.2) is 9.55 Å². The summed E-state index contributed by atoms with van der Waals surface area (Å²) < 4.78 is 8.78. The first-order chi connectivity index (χ1) is 12.9. The Kier molecular flexibility index (Phi) is 2.83. The van der Waals surface area contributed by atoms with Gasteiger partial charge in [0.2, 0.25) is 0 Å². The van der Waals surface area contributed by atoms with Gasteiger partial charge in [-0.2, -0.15) is 0 Å². The Balaban J connectivity index is 1.85. The van der Waals surface area contributed by atoms with E-state index in [9.17, 15) is 0 Å². The van der Waals surface area contributed by atoms with Crippen LogP contribution in [0.1, 0.15) is 24.2 Å². The van der Waals surface area contributed by atoms with Gasteiger partial charge >= 0.3 is 0 Å². The van der Waals surface area contributed by atoms with E-state index >= 15 is 0 Å². The molecule has 2 aromatic carbocycles. The van der Waals surface area contributed by atoms with E-state index in [1.807, 2.05) is 12.4 Å². The largest absolute Gasteiger partial charge is 0.459 e. The lowest BCUT2D eigenvalue weighted by atomic mass is 9.95. The first kappa shape index (κ1) is 14.1. The molecule has 126 valence electrons. The normalized spacial score (nSPS) is 14.3. The predicted octanol–water partition coefficient (Wildman–Crippen LogP) is 5.80. The molecule has 1 aliphatic rings. The van der Waals surface area contributed by atoms with Gasteiger partial charge in [-0.05, 0) is 37.5 Å². The van der Waals surface area contributed by atoms with E-state index in [0.29, 0.717) is 0 Å². The number of nitrogens with zero attached hydrogens (tertiary/aromatic N) is 2. The highest BCUT2D eigenvalue weighted by Gasteiger charge is 2.22. The number of fused-ring (bicyclic) bond motifs is 7. The third kappa shape index (κ3) is 1.80. The topological polar surface area (TPSA) is 31.0 Å². The molecule has 1 aliphatic carbocycles. The van der Waals surface area contributed by atoms with E-state index < -0.39 is 0 Å². The summed E-state index contributed by atoms with van der Waals surface area (Å²) >= 11 is 0. The van der Waals surface area contributed by atoms with Crippen molar-refractivity contribution in [2.45, 2.75) is 25.7 Å². The van der Waals surface area contributed by atoms with E-state index in [2.05, 4.69) is 58.1 Å². The highest BCUT2D eigenvalue weighted by Crippen LogP contribution is 2.40. The fraction of sp³-hybridized carbons (Fsp3) is 0.174. The molecule has 0 unspecified atom stereocenters. The maximum Gasteiger partial charge on any atom is 0.159 e. The first-order valence-corrected chi connectivity index (χ1v) is 9.28. The molecule has 3 heteroatoms. The van der Waals surface area contributed by atoms with E-state index in [4.69, 9.17) is 4.42 Å². The molecule has 0 fully saturated rings. The lowest BCUT2D eigenvalue weighted by Crippen LogP contribution is -1.98. The molecule has 3 nitrogen and oxygen atoms in total. The molecule has 0 radical (unpaired) electrons. The zero-order chi connectivity index (χ0) is 17.1. The second kappa shape index (κ2) is 5.21. The Bertz CT molecular complexity index is 1280. The molecule has 0 aliphatic heterocycles. The van der Waals surface area contributed by atoms with Crippen molar-refractivity contribution in [1.29, 1.82) is 0 Å². The molecule has 5 aromatic rings. The van der Waals surface area contributed by atoms with E-state index in [-0.39, 0.29) is 0 Å². The molecule has 3 heterocycles. The molecule has 0 amide bonds. The second-order valence-electron chi connectivity index (χ2n) is 7.11. The van der Waals surface area contributed by atoms with Gasteiger partial charge in [0.1, 0.15) is 5.76 Å². The second-order valence-corrected chi connectivity index (χ2v) is 7.11. The van der Waals surface area contributed by atoms with Crippen molar-refractivity contribution in [1.82, 2.24) is 9.55 Å². The molecule has 0 saturated carbocycles. The first-order valence-electron chi connectivity index (χ1n) is 9.28. The molecular weight excluding hydrogens is 320 g/mol. The van der Waals surface area contributed by atoms with Gasteiger partial charge in [-0.1, -0.05) is 30.3 Å². The molecule has 0 spiro atoms. The van der Waals surface area contributed by atoms with Crippen LogP contribution < -0.4 is 0 Å². The molecular formula is C23H18N2O. The Labute approximate surface area is 150 Å². The number of pyridine rings is 1. The highest BCUT2D eigenvalue weighted by molar-refractivity contribution is 6.17. The van der Waals surface area contributed by atoms with Crippen LogP contribution in [0.5, 0.6) is 0 Å². The maximum atomic E-state index is 6.45. The van der Waals surface area contributed by atoms with Crippen molar-refractivity contribution < 1.29 is 4.42 Å². The lowest BCUT2D eigenvalue weighted by molar-refractivity contribution is 0.507. The van der Waals surface area contributed by atoms with Crippen LogP contribution >= 0.6 is 0 Å². The third-order valence-corrected chi connectivity index (χ3v) is 5.67. The fourth-order valence-corrected chi connectivity index (χ4v) is 4.51. The molecule has 3 aromatic heterocycles. The number of aryl methyl sites for hydroxylation is 2. The van der Waals surface area contributed by atoms with Crippen LogP contribution in [0.4, 0.5) is 0 Å². The minimum Gasteiger partial charge on any atom is -0.459 e. The van der Waals surface area contributed by atoms with Gasteiger partial charge in [0, 0.05) is 46.2 Å². The van der Waals surface area contributed by atoms with Crippen molar-refractivity contribution in [3.8, 4) is 5.69 Å². The molecule has 0 N–H and O–H groups in total. The molecule has 26 heavy (non-hydrogen) atoms. The number of aromatic nitrogens is 2. The smallest absolute Gasteiger partial charge is 0.159 e. The summed E-state index contributed by atoms with van der Waals surface area (Å²) in [4.78, 5) is 4.37. The molecule has 0 bridgehead atoms. The summed E-state index contributed by atoms with van der Waals surface area (Å²) in [6.07, 6.45) is 8.49. The molecule has 6 rings (SSSR count). The minimum atomic E-state index is 1.02. The van der Waals surface area contributed by atoms with Gasteiger partial charge < -0.3 is 8.98 Å². The molecule has 0 saturated heterocycles. The zero-order valence-corrected chi connectivity index (χ0v) is 14.4. The van der Waals surface area contributed by atoms with Crippen molar-refractivity contribution in [2.75, 3.05) is 0 Å². The van der Waals surface area contributed by atoms with Crippen LogP contribution in [0.3, 0.4) is 0 Å². The third-order valence-electron chi connectivity index (χ3n) is 5.67. The van der Waals surface area contributed by atoms with Gasteiger partial charge in [-0.3, -0.25) is 4.98 Å². The quantitative estimate of drug-likeness (QED) is 0.386. The van der Waals surface area contributed by atoms with E-state index in [0.717, 1.165) is 29.6 Å². The van der Waals surface area contributed by atoms with Gasteiger partial charge in [0.15, 0.2) is 5.58 Å². The molecule has 0 atom stereocenters. The van der Waals surface area contributed by atoms with Crippen molar-refractivity contribution in [3.63, 3.8) is 0 Å². The van der Waals surface area contributed by atoms with Gasteiger partial charge in [-0.25, -0.2) is 0 Å². The SMILES string of the molecule is c1ccc(-n2c3ccncc3c3ccc4c5c(oc4c32)CCCC5)cc1. The number of benzene rings is 2. The van der Waals surface area contributed by atoms with Gasteiger partial charge in [-0.15, -0.1) is 0 Å². The van der Waals surface area contributed by atoms with Gasteiger partial charge in [0.05, 0.1) is 11.0 Å². The van der Waals surface area contributed by atoms with E-state index in [1.165, 1.54) is 45.8 Å². The van der Waals surface area contributed by atoms with Crippen LogP contribution in [0.25, 0.3) is 38.5 Å². The van der Waals surface area contributed by atoms with Crippen molar-refractivity contribution in [2.24, 2.45) is 0 Å². The van der Waals surface area contributed by atoms with E-state index in [1.54, 1.807) is 0 Å². The minimum absolute atomic E-state index is 1.02. The predicted molar refractivity (Wildman–Crippen MR) is 105 cm³/mol. The Morgan fingerprint density at radius 2 is 1.69 bits per heavy atom. The summed E-state index contributed by atoms with van der Waals surface area (Å²) in [5.74, 6) is 1.18. The Morgan fingerprint density at radius 1 is 0.846 bits per heavy atom. The Morgan fingerprint density at radius 3 is 2.62 bits per heavy atom. The number of furan rings is 1. The van der Waals surface area contributed by atoms with Crippen LogP contribution in [0, 0.1) is 0 Å². The van der Waals surface area contributed by atoms with Crippen molar-refractivity contribution >= 4 is 32.8 Å². The highest BCUT2D eigenvalue weighted by atomic mass is 16.3.